The normalized spacial score (nSPS) is 12.7. The predicted molar refractivity (Wildman–Crippen MR) is 123 cm³/mol. The van der Waals surface area contributed by atoms with Gasteiger partial charge in [0.1, 0.15) is 5.82 Å². The molecule has 2 N–H and O–H groups in total. The molecule has 1 heterocycles. The van der Waals surface area contributed by atoms with Gasteiger partial charge in [-0.2, -0.15) is 5.26 Å². The maximum Gasteiger partial charge on any atom is 0.256 e. The lowest BCUT2D eigenvalue weighted by molar-refractivity contribution is -0.145. The molecular formula is C24H29FN6O2. The highest BCUT2D eigenvalue weighted by Crippen LogP contribution is 2.24. The van der Waals surface area contributed by atoms with Crippen LogP contribution in [0, 0.1) is 17.1 Å². The van der Waals surface area contributed by atoms with Crippen molar-refractivity contribution in [2.75, 3.05) is 44.7 Å². The molecule has 2 aromatic carbocycles. The Morgan fingerprint density at radius 2 is 1.82 bits per heavy atom. The van der Waals surface area contributed by atoms with Crippen molar-refractivity contribution in [3.63, 3.8) is 0 Å². The fourth-order valence-electron chi connectivity index (χ4n) is 3.70. The topological polar surface area (TPSA) is 91.7 Å². The molecule has 0 aromatic heterocycles. The highest BCUT2D eigenvalue weighted by molar-refractivity contribution is 5.86. The summed E-state index contributed by atoms with van der Waals surface area (Å²) in [4.78, 5) is 27.0. The number of fused-ring (bicyclic) bond motifs is 1. The second-order valence-electron chi connectivity index (χ2n) is 7.85. The number of carbonyl (C=O) groups excluding carboxylic acids is 2. The molecule has 0 atom stereocenters. The number of anilines is 1. The maximum atomic E-state index is 14.7. The minimum atomic E-state index is -0.599. The smallest absolute Gasteiger partial charge is 0.256 e. The van der Waals surface area contributed by atoms with Gasteiger partial charge in [-0.25, -0.2) is 9.40 Å². The van der Waals surface area contributed by atoms with Gasteiger partial charge in [-0.15, -0.1) is 0 Å². The van der Waals surface area contributed by atoms with Gasteiger partial charge in [0, 0.05) is 33.2 Å². The quantitative estimate of drug-likeness (QED) is 0.533. The molecule has 33 heavy (non-hydrogen) atoms. The van der Waals surface area contributed by atoms with Crippen LogP contribution in [0.2, 0.25) is 0 Å². The van der Waals surface area contributed by atoms with Crippen LogP contribution in [0.3, 0.4) is 0 Å². The first-order valence-electron chi connectivity index (χ1n) is 10.9. The number of hydrogen-bond donors (Lipinski definition) is 2. The van der Waals surface area contributed by atoms with Crippen molar-refractivity contribution < 1.29 is 14.0 Å². The van der Waals surface area contributed by atoms with Crippen LogP contribution in [0.4, 0.5) is 10.1 Å². The van der Waals surface area contributed by atoms with Crippen molar-refractivity contribution in [1.82, 2.24) is 20.7 Å². The average Bonchev–Trinajstić information content (AvgIpc) is 3.25. The third-order valence-corrected chi connectivity index (χ3v) is 5.56. The van der Waals surface area contributed by atoms with Crippen LogP contribution in [-0.2, 0) is 22.7 Å². The summed E-state index contributed by atoms with van der Waals surface area (Å²) in [6.07, 6.45) is 0. The van der Waals surface area contributed by atoms with Crippen LogP contribution in [0.15, 0.2) is 42.5 Å². The van der Waals surface area contributed by atoms with E-state index in [-0.39, 0.29) is 36.2 Å². The minimum absolute atomic E-state index is 0.0438. The summed E-state index contributed by atoms with van der Waals surface area (Å²) in [6, 6.07) is 13.9. The second-order valence-corrected chi connectivity index (χ2v) is 7.85. The fourth-order valence-corrected chi connectivity index (χ4v) is 3.70. The van der Waals surface area contributed by atoms with Crippen molar-refractivity contribution >= 4 is 17.5 Å². The summed E-state index contributed by atoms with van der Waals surface area (Å²) in [5.41, 5.74) is 2.60. The number of amides is 2. The molecular weight excluding hydrogens is 423 g/mol. The van der Waals surface area contributed by atoms with Crippen molar-refractivity contribution in [2.45, 2.75) is 20.0 Å². The first-order chi connectivity index (χ1) is 15.9. The molecule has 2 aromatic rings. The molecule has 9 heteroatoms. The third-order valence-electron chi connectivity index (χ3n) is 5.56. The van der Waals surface area contributed by atoms with Crippen molar-refractivity contribution in [3.05, 3.63) is 65.0 Å². The number of halogens is 1. The predicted octanol–water partition coefficient (Wildman–Crippen LogP) is 1.62. The van der Waals surface area contributed by atoms with E-state index in [1.54, 1.807) is 7.05 Å². The molecule has 1 aliphatic rings. The Morgan fingerprint density at radius 1 is 1.12 bits per heavy atom. The molecule has 0 radical (unpaired) electrons. The lowest BCUT2D eigenvalue weighted by Gasteiger charge is -2.31. The molecule has 0 saturated heterocycles. The van der Waals surface area contributed by atoms with E-state index in [9.17, 15) is 19.2 Å². The van der Waals surface area contributed by atoms with Gasteiger partial charge >= 0.3 is 0 Å². The monoisotopic (exact) mass is 452 g/mol. The van der Waals surface area contributed by atoms with E-state index in [1.165, 1.54) is 28.1 Å². The van der Waals surface area contributed by atoms with E-state index < -0.39 is 5.82 Å². The molecule has 1 aliphatic heterocycles. The zero-order chi connectivity index (χ0) is 23.8. The zero-order valence-corrected chi connectivity index (χ0v) is 19.0. The molecule has 3 rings (SSSR count). The average molecular weight is 453 g/mol. The van der Waals surface area contributed by atoms with Crippen LogP contribution in [0.1, 0.15) is 23.6 Å². The summed E-state index contributed by atoms with van der Waals surface area (Å²) in [5, 5.41) is 18.5. The van der Waals surface area contributed by atoms with E-state index in [2.05, 4.69) is 10.6 Å². The van der Waals surface area contributed by atoms with E-state index in [0.717, 1.165) is 17.7 Å². The Kier molecular flexibility index (Phi) is 8.35. The molecule has 174 valence electrons. The highest BCUT2D eigenvalue weighted by Gasteiger charge is 2.27. The number of nitriles is 1. The standard InChI is InChI=1S/C24H29FN6O2/c1-3-27-10-11-28-23(32)16-30(22-12-18(13-26)8-9-21(22)25)17-24(33)29(2)31-14-19-6-4-5-7-20(19)15-31/h4-9,12,27H,3,10-11,14-17H2,1-2H3,(H,28,32). The highest BCUT2D eigenvalue weighted by atomic mass is 19.1. The number of hydrogen-bond acceptors (Lipinski definition) is 6. The molecule has 0 spiro atoms. The summed E-state index contributed by atoms with van der Waals surface area (Å²) in [7, 11) is 1.67. The van der Waals surface area contributed by atoms with Gasteiger partial charge in [0.25, 0.3) is 5.91 Å². The molecule has 8 nitrogen and oxygen atoms in total. The number of carbonyl (C=O) groups is 2. The first kappa shape index (κ1) is 24.2. The summed E-state index contributed by atoms with van der Waals surface area (Å²) in [5.74, 6) is -1.22. The number of benzene rings is 2. The summed E-state index contributed by atoms with van der Waals surface area (Å²) >= 11 is 0. The zero-order valence-electron chi connectivity index (χ0n) is 19.0. The molecule has 0 aliphatic carbocycles. The van der Waals surface area contributed by atoms with Crippen molar-refractivity contribution in [1.29, 1.82) is 5.26 Å². The largest absolute Gasteiger partial charge is 0.353 e. The minimum Gasteiger partial charge on any atom is -0.353 e. The third kappa shape index (κ3) is 6.28. The molecule has 0 bridgehead atoms. The van der Waals surface area contributed by atoms with Crippen LogP contribution in [0.25, 0.3) is 0 Å². The van der Waals surface area contributed by atoms with E-state index in [4.69, 9.17) is 0 Å². The van der Waals surface area contributed by atoms with Crippen LogP contribution >= 0.6 is 0 Å². The van der Waals surface area contributed by atoms with E-state index in [1.807, 2.05) is 42.3 Å². The van der Waals surface area contributed by atoms with E-state index >= 15 is 0 Å². The van der Waals surface area contributed by atoms with Crippen LogP contribution in [-0.4, -0.2) is 61.6 Å². The fraction of sp³-hybridized carbons (Fsp3) is 0.375. The van der Waals surface area contributed by atoms with Gasteiger partial charge < -0.3 is 15.5 Å². The molecule has 2 amide bonds. The van der Waals surface area contributed by atoms with Gasteiger partial charge in [-0.05, 0) is 35.9 Å². The maximum absolute atomic E-state index is 14.7. The van der Waals surface area contributed by atoms with Gasteiger partial charge in [0.05, 0.1) is 30.4 Å². The van der Waals surface area contributed by atoms with Crippen LogP contribution in [0.5, 0.6) is 0 Å². The Morgan fingerprint density at radius 3 is 2.45 bits per heavy atom. The van der Waals surface area contributed by atoms with Crippen molar-refractivity contribution in [3.8, 4) is 6.07 Å². The molecule has 0 unspecified atom stereocenters. The Balaban J connectivity index is 1.73. The Labute approximate surface area is 193 Å². The number of rotatable bonds is 10. The lowest BCUT2D eigenvalue weighted by atomic mass is 10.1. The molecule has 0 fully saturated rings. The Hall–Kier alpha value is -3.48. The second kappa shape index (κ2) is 11.4. The first-order valence-corrected chi connectivity index (χ1v) is 10.9. The number of nitrogens with zero attached hydrogens (tertiary/aromatic N) is 4. The summed E-state index contributed by atoms with van der Waals surface area (Å²) in [6.45, 7) is 4.56. The lowest BCUT2D eigenvalue weighted by Crippen LogP contribution is -2.48. The summed E-state index contributed by atoms with van der Waals surface area (Å²) < 4.78 is 14.7. The SMILES string of the molecule is CCNCCNC(=O)CN(CC(=O)N(C)N1Cc2ccccc2C1)c1cc(C#N)ccc1F. The number of nitrogens with one attached hydrogen (secondary N) is 2. The van der Waals surface area contributed by atoms with Gasteiger partial charge in [0.15, 0.2) is 0 Å². The van der Waals surface area contributed by atoms with Gasteiger partial charge in [0.2, 0.25) is 5.91 Å². The van der Waals surface area contributed by atoms with Gasteiger partial charge in [-0.3, -0.25) is 14.6 Å². The van der Waals surface area contributed by atoms with Crippen molar-refractivity contribution in [2.24, 2.45) is 0 Å². The number of likely N-dealkylation sites (N-methyl/N-ethyl adjacent to an activating group) is 2. The Bertz CT molecular complexity index is 1010. The number of hydrazine groups is 1. The van der Waals surface area contributed by atoms with Crippen LogP contribution < -0.4 is 15.5 Å². The van der Waals surface area contributed by atoms with Gasteiger partial charge in [-0.1, -0.05) is 31.2 Å². The molecule has 0 saturated carbocycles. The van der Waals surface area contributed by atoms with E-state index in [0.29, 0.717) is 26.2 Å².